The maximum absolute atomic E-state index is 11.4. The van der Waals surface area contributed by atoms with E-state index in [4.69, 9.17) is 5.26 Å². The van der Waals surface area contributed by atoms with Crippen LogP contribution in [0.1, 0.15) is 52.9 Å². The molecule has 0 aromatic rings. The van der Waals surface area contributed by atoms with Gasteiger partial charge in [0.2, 0.25) is 0 Å². The molecular weight excluding hydrogens is 304 g/mol. The minimum Gasteiger partial charge on any atom is -0.478 e. The fourth-order valence-electron chi connectivity index (χ4n) is 2.41. The van der Waals surface area contributed by atoms with Crippen molar-refractivity contribution < 1.29 is 9.90 Å². The molecular formula is C18H28N4O2. The van der Waals surface area contributed by atoms with Crippen LogP contribution in [0.25, 0.3) is 0 Å². The molecule has 0 aromatic heterocycles. The minimum atomic E-state index is -1.06. The van der Waals surface area contributed by atoms with E-state index in [1.54, 1.807) is 13.8 Å². The number of unbranched alkanes of at least 4 members (excludes halogenated alkanes) is 3. The standard InChI is InChI=1S/C18H28N4O2/c1-5-6-7-8-9-16(15(4)18(23)24)17(14(3)11-20)22-21-12-13(2)10-19/h13-14,16-17H,4-9,12H2,1-3H3,(H,23,24). The lowest BCUT2D eigenvalue weighted by Crippen LogP contribution is -2.29. The summed E-state index contributed by atoms with van der Waals surface area (Å²) < 4.78 is 0. The third-order valence-corrected chi connectivity index (χ3v) is 4.01. The Labute approximate surface area is 144 Å². The molecule has 0 radical (unpaired) electrons. The highest BCUT2D eigenvalue weighted by atomic mass is 16.4. The van der Waals surface area contributed by atoms with E-state index in [9.17, 15) is 15.2 Å². The van der Waals surface area contributed by atoms with E-state index in [1.807, 2.05) is 0 Å². The van der Waals surface area contributed by atoms with E-state index in [2.05, 4.69) is 35.9 Å². The predicted molar refractivity (Wildman–Crippen MR) is 92.1 cm³/mol. The lowest BCUT2D eigenvalue weighted by molar-refractivity contribution is -0.133. The number of carboxylic acid groups (broad SMARTS) is 1. The van der Waals surface area contributed by atoms with E-state index in [-0.39, 0.29) is 18.0 Å². The van der Waals surface area contributed by atoms with Gasteiger partial charge < -0.3 is 5.11 Å². The molecule has 0 fully saturated rings. The van der Waals surface area contributed by atoms with Gasteiger partial charge in [-0.2, -0.15) is 20.8 Å². The first-order chi connectivity index (χ1) is 11.4. The van der Waals surface area contributed by atoms with Gasteiger partial charge in [0.25, 0.3) is 0 Å². The van der Waals surface area contributed by atoms with Crippen LogP contribution in [-0.2, 0) is 4.79 Å². The average Bonchev–Trinajstić information content (AvgIpc) is 2.58. The van der Waals surface area contributed by atoms with Crippen molar-refractivity contribution in [3.05, 3.63) is 12.2 Å². The highest BCUT2D eigenvalue weighted by Gasteiger charge is 2.31. The Balaban J connectivity index is 5.25. The smallest absolute Gasteiger partial charge is 0.331 e. The van der Waals surface area contributed by atoms with Crippen LogP contribution in [0, 0.1) is 40.4 Å². The summed E-state index contributed by atoms with van der Waals surface area (Å²) in [6.07, 6.45) is 4.68. The predicted octanol–water partition coefficient (Wildman–Crippen LogP) is 4.35. The van der Waals surface area contributed by atoms with Crippen LogP contribution >= 0.6 is 0 Å². The normalized spacial score (nSPS) is 15.9. The zero-order valence-corrected chi connectivity index (χ0v) is 14.9. The maximum Gasteiger partial charge on any atom is 0.331 e. The molecule has 0 heterocycles. The maximum atomic E-state index is 11.4. The van der Waals surface area contributed by atoms with E-state index in [0.717, 1.165) is 25.7 Å². The number of hydrogen-bond donors (Lipinski definition) is 1. The van der Waals surface area contributed by atoms with E-state index < -0.39 is 23.8 Å². The number of carboxylic acids is 1. The molecule has 0 rings (SSSR count). The highest BCUT2D eigenvalue weighted by Crippen LogP contribution is 2.29. The van der Waals surface area contributed by atoms with Crippen LogP contribution < -0.4 is 0 Å². The molecule has 0 saturated heterocycles. The number of nitriles is 2. The number of rotatable bonds is 12. The Bertz CT molecular complexity index is 516. The molecule has 0 saturated carbocycles. The van der Waals surface area contributed by atoms with Crippen molar-refractivity contribution >= 4 is 5.97 Å². The highest BCUT2D eigenvalue weighted by molar-refractivity contribution is 5.86. The number of aliphatic carboxylic acids is 1. The first kappa shape index (κ1) is 21.8. The fraction of sp³-hybridized carbons (Fsp3) is 0.722. The quantitative estimate of drug-likeness (QED) is 0.325. The Morgan fingerprint density at radius 1 is 1.21 bits per heavy atom. The van der Waals surface area contributed by atoms with Gasteiger partial charge in [-0.1, -0.05) is 39.2 Å². The van der Waals surface area contributed by atoms with Crippen LogP contribution in [0.3, 0.4) is 0 Å². The van der Waals surface area contributed by atoms with Crippen molar-refractivity contribution in [2.75, 3.05) is 6.54 Å². The Morgan fingerprint density at radius 2 is 1.88 bits per heavy atom. The third kappa shape index (κ3) is 7.87. The molecule has 0 aliphatic rings. The molecule has 0 aromatic carbocycles. The summed E-state index contributed by atoms with van der Waals surface area (Å²) in [6.45, 7) is 9.49. The molecule has 0 bridgehead atoms. The summed E-state index contributed by atoms with van der Waals surface area (Å²) >= 11 is 0. The molecule has 0 amide bonds. The van der Waals surface area contributed by atoms with Crippen molar-refractivity contribution in [2.45, 2.75) is 58.9 Å². The number of nitrogens with zero attached hydrogens (tertiary/aromatic N) is 4. The first-order valence-electron chi connectivity index (χ1n) is 8.46. The second-order valence-electron chi connectivity index (χ2n) is 6.16. The molecule has 4 atom stereocenters. The minimum absolute atomic E-state index is 0.0749. The largest absolute Gasteiger partial charge is 0.478 e. The SMILES string of the molecule is C=C(C(=O)O)C(CCCCCC)C(N=NCC(C)C#N)C(C)C#N. The van der Waals surface area contributed by atoms with Gasteiger partial charge in [0.05, 0.1) is 36.6 Å². The summed E-state index contributed by atoms with van der Waals surface area (Å²) in [5.74, 6) is -2.22. The van der Waals surface area contributed by atoms with Gasteiger partial charge in [-0.15, -0.1) is 0 Å². The molecule has 0 spiro atoms. The summed E-state index contributed by atoms with van der Waals surface area (Å²) in [5.41, 5.74) is 0.0749. The molecule has 6 heteroatoms. The van der Waals surface area contributed by atoms with Crippen molar-refractivity contribution in [2.24, 2.45) is 28.0 Å². The van der Waals surface area contributed by atoms with Crippen LogP contribution in [-0.4, -0.2) is 23.7 Å². The van der Waals surface area contributed by atoms with E-state index in [0.29, 0.717) is 6.42 Å². The van der Waals surface area contributed by atoms with Crippen molar-refractivity contribution in [3.8, 4) is 12.1 Å². The summed E-state index contributed by atoms with van der Waals surface area (Å²) in [6, 6.07) is 3.66. The number of carbonyl (C=O) groups is 1. The summed E-state index contributed by atoms with van der Waals surface area (Å²) in [7, 11) is 0. The lowest BCUT2D eigenvalue weighted by atomic mass is 9.82. The summed E-state index contributed by atoms with van der Waals surface area (Å²) in [5, 5.41) is 35.6. The fourth-order valence-corrected chi connectivity index (χ4v) is 2.41. The number of azo groups is 1. The topological polar surface area (TPSA) is 110 Å². The van der Waals surface area contributed by atoms with Gasteiger partial charge >= 0.3 is 5.97 Å². The molecule has 4 unspecified atom stereocenters. The van der Waals surface area contributed by atoms with Gasteiger partial charge in [-0.3, -0.25) is 0 Å². The van der Waals surface area contributed by atoms with Crippen LogP contribution in [0.5, 0.6) is 0 Å². The lowest BCUT2D eigenvalue weighted by Gasteiger charge is -2.25. The molecule has 6 nitrogen and oxygen atoms in total. The Morgan fingerprint density at radius 3 is 2.38 bits per heavy atom. The van der Waals surface area contributed by atoms with Gasteiger partial charge in [-0.05, 0) is 20.3 Å². The van der Waals surface area contributed by atoms with Crippen LogP contribution in [0.15, 0.2) is 22.4 Å². The van der Waals surface area contributed by atoms with E-state index in [1.165, 1.54) is 0 Å². The second kappa shape index (κ2) is 12.2. The molecule has 0 aliphatic carbocycles. The van der Waals surface area contributed by atoms with Gasteiger partial charge in [0, 0.05) is 11.5 Å². The average molecular weight is 332 g/mol. The molecule has 132 valence electrons. The van der Waals surface area contributed by atoms with Crippen LogP contribution in [0.4, 0.5) is 0 Å². The van der Waals surface area contributed by atoms with Crippen molar-refractivity contribution in [3.63, 3.8) is 0 Å². The third-order valence-electron chi connectivity index (χ3n) is 4.01. The molecule has 0 aliphatic heterocycles. The molecule has 24 heavy (non-hydrogen) atoms. The van der Waals surface area contributed by atoms with Gasteiger partial charge in [-0.25, -0.2) is 4.79 Å². The summed E-state index contributed by atoms with van der Waals surface area (Å²) in [4.78, 5) is 11.4. The monoisotopic (exact) mass is 332 g/mol. The van der Waals surface area contributed by atoms with Crippen molar-refractivity contribution in [1.82, 2.24) is 0 Å². The zero-order valence-electron chi connectivity index (χ0n) is 14.9. The first-order valence-corrected chi connectivity index (χ1v) is 8.46. The zero-order chi connectivity index (χ0) is 18.5. The number of hydrogen-bond acceptors (Lipinski definition) is 5. The van der Waals surface area contributed by atoms with E-state index >= 15 is 0 Å². The van der Waals surface area contributed by atoms with Gasteiger partial charge in [0.15, 0.2) is 0 Å². The molecule has 1 N–H and O–H groups in total. The van der Waals surface area contributed by atoms with Crippen LogP contribution in [0.2, 0.25) is 0 Å². The second-order valence-corrected chi connectivity index (χ2v) is 6.16. The van der Waals surface area contributed by atoms with Crippen molar-refractivity contribution in [1.29, 1.82) is 10.5 Å². The Kier molecular flexibility index (Phi) is 11.1. The van der Waals surface area contributed by atoms with Gasteiger partial charge in [0.1, 0.15) is 0 Å². The Hall–Kier alpha value is -2.21.